The van der Waals surface area contributed by atoms with Crippen molar-refractivity contribution in [3.8, 4) is 0 Å². The topological polar surface area (TPSA) is 99.2 Å². The van der Waals surface area contributed by atoms with Gasteiger partial charge in [-0.25, -0.2) is 0 Å². The SMILES string of the molecule is CCC(Cc1ccc(NC(=N)N)cc1)C(=O)O. The van der Waals surface area contributed by atoms with Crippen LogP contribution in [-0.2, 0) is 11.2 Å². The van der Waals surface area contributed by atoms with E-state index in [2.05, 4.69) is 5.32 Å². The largest absolute Gasteiger partial charge is 0.481 e. The van der Waals surface area contributed by atoms with Gasteiger partial charge in [-0.3, -0.25) is 10.2 Å². The van der Waals surface area contributed by atoms with Crippen molar-refractivity contribution in [1.29, 1.82) is 5.41 Å². The summed E-state index contributed by atoms with van der Waals surface area (Å²) in [4.78, 5) is 10.9. The van der Waals surface area contributed by atoms with Crippen LogP contribution in [0.3, 0.4) is 0 Å². The number of aliphatic carboxylic acids is 1. The molecule has 0 radical (unpaired) electrons. The molecule has 0 aliphatic heterocycles. The van der Waals surface area contributed by atoms with Crippen molar-refractivity contribution in [2.24, 2.45) is 11.7 Å². The second kappa shape index (κ2) is 5.89. The zero-order valence-electron chi connectivity index (χ0n) is 9.73. The Morgan fingerprint density at radius 3 is 2.47 bits per heavy atom. The van der Waals surface area contributed by atoms with E-state index >= 15 is 0 Å². The number of carboxylic acids is 1. The summed E-state index contributed by atoms with van der Waals surface area (Å²) < 4.78 is 0. The molecule has 1 atom stereocenters. The van der Waals surface area contributed by atoms with E-state index in [9.17, 15) is 4.79 Å². The van der Waals surface area contributed by atoms with Gasteiger partial charge in [0.15, 0.2) is 5.96 Å². The summed E-state index contributed by atoms with van der Waals surface area (Å²) >= 11 is 0. The normalized spacial score (nSPS) is 11.8. The first kappa shape index (κ1) is 13.0. The van der Waals surface area contributed by atoms with Crippen LogP contribution in [0.5, 0.6) is 0 Å². The molecular weight excluding hydrogens is 218 g/mol. The van der Waals surface area contributed by atoms with Gasteiger partial charge >= 0.3 is 5.97 Å². The summed E-state index contributed by atoms with van der Waals surface area (Å²) in [5.41, 5.74) is 6.89. The number of hydrogen-bond acceptors (Lipinski definition) is 2. The second-order valence-corrected chi connectivity index (χ2v) is 3.88. The minimum atomic E-state index is -0.765. The Morgan fingerprint density at radius 1 is 1.47 bits per heavy atom. The summed E-state index contributed by atoms with van der Waals surface area (Å²) in [6.45, 7) is 1.87. The van der Waals surface area contributed by atoms with Crippen molar-refractivity contribution >= 4 is 17.6 Å². The molecule has 1 rings (SSSR count). The Bertz CT molecular complexity index is 401. The average Bonchev–Trinajstić information content (AvgIpc) is 2.26. The fraction of sp³-hybridized carbons (Fsp3) is 0.333. The van der Waals surface area contributed by atoms with Crippen LogP contribution >= 0.6 is 0 Å². The van der Waals surface area contributed by atoms with Crippen LogP contribution in [0.4, 0.5) is 5.69 Å². The minimum Gasteiger partial charge on any atom is -0.481 e. The Balaban J connectivity index is 2.67. The van der Waals surface area contributed by atoms with E-state index in [0.29, 0.717) is 12.8 Å². The van der Waals surface area contributed by atoms with Gasteiger partial charge in [0.05, 0.1) is 5.92 Å². The fourth-order valence-electron chi connectivity index (χ4n) is 1.57. The van der Waals surface area contributed by atoms with E-state index in [1.807, 2.05) is 19.1 Å². The monoisotopic (exact) mass is 235 g/mol. The number of carbonyl (C=O) groups is 1. The molecule has 0 heterocycles. The van der Waals surface area contributed by atoms with Crippen LogP contribution in [0.25, 0.3) is 0 Å². The predicted molar refractivity (Wildman–Crippen MR) is 67.1 cm³/mol. The summed E-state index contributed by atoms with van der Waals surface area (Å²) in [5, 5.41) is 18.7. The van der Waals surface area contributed by atoms with Crippen LogP contribution in [-0.4, -0.2) is 17.0 Å². The number of nitrogens with two attached hydrogens (primary N) is 1. The molecule has 0 aliphatic rings. The molecule has 1 unspecified atom stereocenters. The van der Waals surface area contributed by atoms with E-state index in [0.717, 1.165) is 11.3 Å². The Labute approximate surface area is 100 Å². The van der Waals surface area contributed by atoms with E-state index in [1.165, 1.54) is 0 Å². The van der Waals surface area contributed by atoms with Gasteiger partial charge in [0, 0.05) is 5.69 Å². The average molecular weight is 235 g/mol. The predicted octanol–water partition coefficient (Wildman–Crippen LogP) is 1.65. The van der Waals surface area contributed by atoms with Gasteiger partial charge < -0.3 is 16.2 Å². The van der Waals surface area contributed by atoms with Gasteiger partial charge in [0.25, 0.3) is 0 Å². The fourth-order valence-corrected chi connectivity index (χ4v) is 1.57. The highest BCUT2D eigenvalue weighted by Gasteiger charge is 2.15. The summed E-state index contributed by atoms with van der Waals surface area (Å²) in [5.74, 6) is -1.23. The van der Waals surface area contributed by atoms with Crippen LogP contribution in [0, 0.1) is 11.3 Å². The number of anilines is 1. The Kier molecular flexibility index (Phi) is 4.51. The molecule has 0 bridgehead atoms. The highest BCUT2D eigenvalue weighted by atomic mass is 16.4. The van der Waals surface area contributed by atoms with Crippen molar-refractivity contribution in [1.82, 2.24) is 0 Å². The van der Waals surface area contributed by atoms with Crippen molar-refractivity contribution in [2.45, 2.75) is 19.8 Å². The highest BCUT2D eigenvalue weighted by Crippen LogP contribution is 2.15. The Morgan fingerprint density at radius 2 is 2.06 bits per heavy atom. The van der Waals surface area contributed by atoms with Crippen LogP contribution in [0.2, 0.25) is 0 Å². The summed E-state index contributed by atoms with van der Waals surface area (Å²) in [7, 11) is 0. The molecule has 0 saturated carbocycles. The molecule has 0 fully saturated rings. The lowest BCUT2D eigenvalue weighted by molar-refractivity contribution is -0.141. The maximum Gasteiger partial charge on any atom is 0.306 e. The molecule has 0 aliphatic carbocycles. The van der Waals surface area contributed by atoms with Gasteiger partial charge in [-0.05, 0) is 30.5 Å². The standard InChI is InChI=1S/C12H17N3O2/c1-2-9(11(16)17)7-8-3-5-10(6-4-8)15-12(13)14/h3-6,9H,2,7H2,1H3,(H,16,17)(H4,13,14,15). The van der Waals surface area contributed by atoms with E-state index in [-0.39, 0.29) is 11.9 Å². The first-order valence-electron chi connectivity index (χ1n) is 5.45. The van der Waals surface area contributed by atoms with Crippen molar-refractivity contribution < 1.29 is 9.90 Å². The highest BCUT2D eigenvalue weighted by molar-refractivity contribution is 5.89. The molecule has 0 spiro atoms. The van der Waals surface area contributed by atoms with Crippen molar-refractivity contribution in [2.75, 3.05) is 5.32 Å². The third-order valence-corrected chi connectivity index (χ3v) is 2.56. The number of rotatable bonds is 5. The lowest BCUT2D eigenvalue weighted by atomic mass is 9.97. The summed E-state index contributed by atoms with van der Waals surface area (Å²) in [6.07, 6.45) is 1.13. The van der Waals surface area contributed by atoms with Crippen molar-refractivity contribution in [3.63, 3.8) is 0 Å². The van der Waals surface area contributed by atoms with Crippen LogP contribution in [0.1, 0.15) is 18.9 Å². The molecule has 1 aromatic rings. The quantitative estimate of drug-likeness (QED) is 0.460. The van der Waals surface area contributed by atoms with E-state index < -0.39 is 5.97 Å². The van der Waals surface area contributed by atoms with Gasteiger partial charge in [-0.15, -0.1) is 0 Å². The van der Waals surface area contributed by atoms with Crippen LogP contribution in [0.15, 0.2) is 24.3 Å². The number of benzene rings is 1. The number of nitrogens with one attached hydrogen (secondary N) is 2. The summed E-state index contributed by atoms with van der Waals surface area (Å²) in [6, 6.07) is 7.25. The second-order valence-electron chi connectivity index (χ2n) is 3.88. The maximum absolute atomic E-state index is 10.9. The molecular formula is C12H17N3O2. The van der Waals surface area contributed by atoms with E-state index in [1.54, 1.807) is 12.1 Å². The number of carboxylic acid groups (broad SMARTS) is 1. The zero-order valence-corrected chi connectivity index (χ0v) is 9.73. The van der Waals surface area contributed by atoms with Gasteiger partial charge in [-0.2, -0.15) is 0 Å². The molecule has 0 saturated heterocycles. The number of hydrogen-bond donors (Lipinski definition) is 4. The molecule has 1 aromatic carbocycles. The molecule has 5 heteroatoms. The molecule has 0 aromatic heterocycles. The van der Waals surface area contributed by atoms with Gasteiger partial charge in [-0.1, -0.05) is 19.1 Å². The van der Waals surface area contributed by atoms with Crippen LogP contribution < -0.4 is 11.1 Å². The molecule has 17 heavy (non-hydrogen) atoms. The van der Waals surface area contributed by atoms with Gasteiger partial charge in [0.2, 0.25) is 0 Å². The smallest absolute Gasteiger partial charge is 0.306 e. The van der Waals surface area contributed by atoms with Gasteiger partial charge in [0.1, 0.15) is 0 Å². The maximum atomic E-state index is 10.9. The first-order valence-corrected chi connectivity index (χ1v) is 5.45. The lowest BCUT2D eigenvalue weighted by Gasteiger charge is -2.10. The first-order chi connectivity index (χ1) is 8.02. The minimum absolute atomic E-state index is 0.116. The van der Waals surface area contributed by atoms with E-state index in [4.69, 9.17) is 16.2 Å². The van der Waals surface area contributed by atoms with Crippen molar-refractivity contribution in [3.05, 3.63) is 29.8 Å². The Hall–Kier alpha value is -2.04. The zero-order chi connectivity index (χ0) is 12.8. The third-order valence-electron chi connectivity index (χ3n) is 2.56. The lowest BCUT2D eigenvalue weighted by Crippen LogP contribution is -2.20. The number of guanidine groups is 1. The molecule has 92 valence electrons. The molecule has 0 amide bonds. The third kappa shape index (κ3) is 4.14. The molecule has 5 nitrogen and oxygen atoms in total. The molecule has 5 N–H and O–H groups in total.